The minimum absolute atomic E-state index is 0.292. The molecule has 0 unspecified atom stereocenters. The van der Waals surface area contributed by atoms with E-state index >= 15 is 0 Å². The number of halogens is 1. The van der Waals surface area contributed by atoms with Crippen molar-refractivity contribution < 1.29 is 14.0 Å². The fraction of sp³-hybridized carbons (Fsp3) is 0.235. The van der Waals surface area contributed by atoms with E-state index < -0.39 is 23.0 Å². The third kappa shape index (κ3) is 4.35. The molecule has 0 aliphatic carbocycles. The first-order chi connectivity index (χ1) is 10.9. The second-order valence-corrected chi connectivity index (χ2v) is 5.63. The largest absolute Gasteiger partial charge is 0.351 e. The van der Waals surface area contributed by atoms with Crippen LogP contribution in [0.15, 0.2) is 48.8 Å². The summed E-state index contributed by atoms with van der Waals surface area (Å²) >= 11 is 0. The van der Waals surface area contributed by atoms with Gasteiger partial charge in [-0.1, -0.05) is 6.07 Å². The van der Waals surface area contributed by atoms with Crippen LogP contribution < -0.4 is 10.6 Å². The Morgan fingerprint density at radius 1 is 1.13 bits per heavy atom. The lowest BCUT2D eigenvalue weighted by Gasteiger charge is -2.22. The molecule has 6 heteroatoms. The Bertz CT molecular complexity index is 685. The molecule has 2 aromatic rings. The van der Waals surface area contributed by atoms with E-state index in [0.717, 1.165) is 5.56 Å². The number of carbonyl (C=O) groups excluding carboxylic acids is 2. The van der Waals surface area contributed by atoms with Crippen molar-refractivity contribution in [3.8, 4) is 0 Å². The quantitative estimate of drug-likeness (QED) is 0.833. The van der Waals surface area contributed by atoms with E-state index in [1.165, 1.54) is 38.1 Å². The molecule has 1 aromatic carbocycles. The van der Waals surface area contributed by atoms with Gasteiger partial charge in [-0.3, -0.25) is 14.6 Å². The average molecular weight is 315 g/mol. The summed E-state index contributed by atoms with van der Waals surface area (Å²) in [4.78, 5) is 28.5. The summed E-state index contributed by atoms with van der Waals surface area (Å²) in [5.41, 5.74) is 0.0106. The molecule has 0 radical (unpaired) electrons. The highest BCUT2D eigenvalue weighted by molar-refractivity contribution is 6.09. The lowest BCUT2D eigenvalue weighted by molar-refractivity contribution is -0.138. The normalized spacial score (nSPS) is 10.9. The summed E-state index contributed by atoms with van der Waals surface area (Å²) in [6.45, 7) is 3.36. The van der Waals surface area contributed by atoms with Crippen LogP contribution >= 0.6 is 0 Å². The molecule has 0 aliphatic heterocycles. The molecule has 2 N–H and O–H groups in total. The van der Waals surface area contributed by atoms with Crippen LogP contribution in [0.3, 0.4) is 0 Å². The van der Waals surface area contributed by atoms with Gasteiger partial charge >= 0.3 is 0 Å². The van der Waals surface area contributed by atoms with Crippen LogP contribution in [0.1, 0.15) is 19.4 Å². The molecule has 1 heterocycles. The van der Waals surface area contributed by atoms with Crippen molar-refractivity contribution in [2.24, 2.45) is 5.41 Å². The highest BCUT2D eigenvalue weighted by atomic mass is 19.1. The van der Waals surface area contributed by atoms with Gasteiger partial charge in [0.15, 0.2) is 0 Å². The van der Waals surface area contributed by atoms with E-state index in [1.807, 2.05) is 6.07 Å². The van der Waals surface area contributed by atoms with Crippen LogP contribution in [0.25, 0.3) is 0 Å². The predicted molar refractivity (Wildman–Crippen MR) is 84.9 cm³/mol. The van der Waals surface area contributed by atoms with Gasteiger partial charge in [-0.25, -0.2) is 4.39 Å². The maximum atomic E-state index is 12.9. The summed E-state index contributed by atoms with van der Waals surface area (Å²) in [5, 5.41) is 5.32. The second kappa shape index (κ2) is 7.00. The number of amides is 2. The molecule has 0 saturated heterocycles. The standard InChI is InChI=1S/C17H18FN3O2/c1-17(2,15(22)20-11-12-4-3-9-19-10-12)16(23)21-14-7-5-13(18)6-8-14/h3-10H,11H2,1-2H3,(H,20,22)(H,21,23). The Hall–Kier alpha value is -2.76. The van der Waals surface area contributed by atoms with Crippen molar-refractivity contribution >= 4 is 17.5 Å². The van der Waals surface area contributed by atoms with Gasteiger partial charge in [0.1, 0.15) is 11.2 Å². The Kier molecular flexibility index (Phi) is 5.05. The van der Waals surface area contributed by atoms with E-state index in [1.54, 1.807) is 18.5 Å². The van der Waals surface area contributed by atoms with Crippen LogP contribution in [0.2, 0.25) is 0 Å². The molecule has 0 fully saturated rings. The zero-order valence-electron chi connectivity index (χ0n) is 13.0. The third-order valence-electron chi connectivity index (χ3n) is 3.41. The van der Waals surface area contributed by atoms with Crippen molar-refractivity contribution in [1.82, 2.24) is 10.3 Å². The van der Waals surface area contributed by atoms with E-state index in [2.05, 4.69) is 15.6 Å². The van der Waals surface area contributed by atoms with Gasteiger partial charge in [0.2, 0.25) is 11.8 Å². The minimum atomic E-state index is -1.27. The molecule has 0 spiro atoms. The maximum Gasteiger partial charge on any atom is 0.239 e. The lowest BCUT2D eigenvalue weighted by atomic mass is 9.91. The highest BCUT2D eigenvalue weighted by Gasteiger charge is 2.35. The Morgan fingerprint density at radius 2 is 1.83 bits per heavy atom. The number of hydrogen-bond donors (Lipinski definition) is 2. The first-order valence-corrected chi connectivity index (χ1v) is 7.14. The first kappa shape index (κ1) is 16.6. The predicted octanol–water partition coefficient (Wildman–Crippen LogP) is 2.50. The number of carbonyl (C=O) groups is 2. The summed E-state index contributed by atoms with van der Waals surface area (Å²) in [5.74, 6) is -1.26. The monoisotopic (exact) mass is 315 g/mol. The molecule has 2 amide bonds. The zero-order chi connectivity index (χ0) is 16.9. The van der Waals surface area contributed by atoms with Crippen molar-refractivity contribution in [1.29, 1.82) is 0 Å². The molecule has 0 aliphatic rings. The Morgan fingerprint density at radius 3 is 2.43 bits per heavy atom. The summed E-state index contributed by atoms with van der Waals surface area (Å²) < 4.78 is 12.9. The van der Waals surface area contributed by atoms with Gasteiger partial charge < -0.3 is 10.6 Å². The SMILES string of the molecule is CC(C)(C(=O)NCc1cccnc1)C(=O)Nc1ccc(F)cc1. The fourth-order valence-electron chi connectivity index (χ4n) is 1.83. The van der Waals surface area contributed by atoms with E-state index in [4.69, 9.17) is 0 Å². The van der Waals surface area contributed by atoms with E-state index in [-0.39, 0.29) is 0 Å². The number of benzene rings is 1. The van der Waals surface area contributed by atoms with Gasteiger partial charge in [-0.15, -0.1) is 0 Å². The van der Waals surface area contributed by atoms with Crippen LogP contribution in [0, 0.1) is 11.2 Å². The van der Waals surface area contributed by atoms with Gasteiger partial charge in [0.25, 0.3) is 0 Å². The summed E-state index contributed by atoms with van der Waals surface area (Å²) in [7, 11) is 0. The van der Waals surface area contributed by atoms with E-state index in [9.17, 15) is 14.0 Å². The molecular weight excluding hydrogens is 297 g/mol. The molecule has 120 valence electrons. The molecule has 0 bridgehead atoms. The van der Waals surface area contributed by atoms with Crippen molar-refractivity contribution in [2.75, 3.05) is 5.32 Å². The lowest BCUT2D eigenvalue weighted by Crippen LogP contribution is -2.44. The number of aromatic nitrogens is 1. The van der Waals surface area contributed by atoms with Gasteiger partial charge in [0.05, 0.1) is 0 Å². The van der Waals surface area contributed by atoms with E-state index in [0.29, 0.717) is 12.2 Å². The summed E-state index contributed by atoms with van der Waals surface area (Å²) in [6.07, 6.45) is 3.29. The van der Waals surface area contributed by atoms with Gasteiger partial charge in [-0.05, 0) is 49.7 Å². The first-order valence-electron chi connectivity index (χ1n) is 7.14. The zero-order valence-corrected chi connectivity index (χ0v) is 13.0. The maximum absolute atomic E-state index is 12.9. The molecular formula is C17H18FN3O2. The van der Waals surface area contributed by atoms with Crippen molar-refractivity contribution in [2.45, 2.75) is 20.4 Å². The number of pyridine rings is 1. The van der Waals surface area contributed by atoms with Crippen molar-refractivity contribution in [3.05, 3.63) is 60.2 Å². The summed E-state index contributed by atoms with van der Waals surface area (Å²) in [6, 6.07) is 8.97. The Balaban J connectivity index is 1.97. The molecule has 2 rings (SSSR count). The average Bonchev–Trinajstić information content (AvgIpc) is 2.55. The Labute approximate surface area is 133 Å². The van der Waals surface area contributed by atoms with Gasteiger partial charge in [-0.2, -0.15) is 0 Å². The number of hydrogen-bond acceptors (Lipinski definition) is 3. The fourth-order valence-corrected chi connectivity index (χ4v) is 1.83. The van der Waals surface area contributed by atoms with Crippen LogP contribution in [0.4, 0.5) is 10.1 Å². The molecule has 5 nitrogen and oxygen atoms in total. The highest BCUT2D eigenvalue weighted by Crippen LogP contribution is 2.19. The molecule has 1 aromatic heterocycles. The third-order valence-corrected chi connectivity index (χ3v) is 3.41. The number of nitrogens with one attached hydrogen (secondary N) is 2. The molecule has 0 atom stereocenters. The van der Waals surface area contributed by atoms with Crippen LogP contribution in [-0.4, -0.2) is 16.8 Å². The van der Waals surface area contributed by atoms with Crippen molar-refractivity contribution in [3.63, 3.8) is 0 Å². The molecule has 23 heavy (non-hydrogen) atoms. The molecule has 0 saturated carbocycles. The topological polar surface area (TPSA) is 71.1 Å². The van der Waals surface area contributed by atoms with Crippen LogP contribution in [0.5, 0.6) is 0 Å². The number of anilines is 1. The minimum Gasteiger partial charge on any atom is -0.351 e. The second-order valence-electron chi connectivity index (χ2n) is 5.63. The number of rotatable bonds is 5. The van der Waals surface area contributed by atoms with Crippen LogP contribution in [-0.2, 0) is 16.1 Å². The number of nitrogens with zero attached hydrogens (tertiary/aromatic N) is 1. The smallest absolute Gasteiger partial charge is 0.239 e. The van der Waals surface area contributed by atoms with Gasteiger partial charge in [0, 0.05) is 24.6 Å².